The van der Waals surface area contributed by atoms with Crippen LogP contribution >= 0.6 is 23.1 Å². The van der Waals surface area contributed by atoms with Crippen molar-refractivity contribution in [1.29, 1.82) is 0 Å². The molecule has 134 valence electrons. The molecule has 7 heteroatoms. The molecule has 1 aliphatic carbocycles. The van der Waals surface area contributed by atoms with E-state index in [0.717, 1.165) is 17.7 Å². The van der Waals surface area contributed by atoms with Crippen molar-refractivity contribution in [2.24, 2.45) is 7.05 Å². The molecule has 0 saturated heterocycles. The van der Waals surface area contributed by atoms with E-state index in [1.807, 2.05) is 12.3 Å². The lowest BCUT2D eigenvalue weighted by molar-refractivity contribution is -0.120. The van der Waals surface area contributed by atoms with Gasteiger partial charge in [-0.25, -0.2) is 4.98 Å². The maximum atomic E-state index is 12.3. The van der Waals surface area contributed by atoms with E-state index < -0.39 is 0 Å². The third kappa shape index (κ3) is 4.33. The van der Waals surface area contributed by atoms with Crippen molar-refractivity contribution in [3.05, 3.63) is 33.4 Å². The van der Waals surface area contributed by atoms with E-state index in [1.165, 1.54) is 52.5 Å². The van der Waals surface area contributed by atoms with Gasteiger partial charge >= 0.3 is 0 Å². The standard InChI is InChI=1S/C18H23N3O2S2/c1-12(15(22)19-10-8-13-6-4-3-5-7-13)25-18-20-16-14(9-11-24-16)17(23)21(18)2/h6,9,11-12H,3-5,7-8,10H2,1-2H3,(H,19,22). The van der Waals surface area contributed by atoms with Crippen LogP contribution < -0.4 is 10.9 Å². The molecule has 0 fully saturated rings. The molecular formula is C18H23N3O2S2. The van der Waals surface area contributed by atoms with Gasteiger partial charge in [0.1, 0.15) is 4.83 Å². The first-order valence-electron chi connectivity index (χ1n) is 8.63. The predicted octanol–water partition coefficient (Wildman–Crippen LogP) is 3.48. The van der Waals surface area contributed by atoms with Crippen LogP contribution in [0.15, 0.2) is 33.0 Å². The number of hydrogen-bond donors (Lipinski definition) is 1. The molecule has 25 heavy (non-hydrogen) atoms. The quantitative estimate of drug-likeness (QED) is 0.475. The summed E-state index contributed by atoms with van der Waals surface area (Å²) in [6.45, 7) is 2.52. The zero-order valence-corrected chi connectivity index (χ0v) is 16.2. The highest BCUT2D eigenvalue weighted by molar-refractivity contribution is 8.00. The molecule has 0 aliphatic heterocycles. The Bertz CT molecular complexity index is 854. The van der Waals surface area contributed by atoms with Gasteiger partial charge in [-0.05, 0) is 50.5 Å². The fourth-order valence-electron chi connectivity index (χ4n) is 2.92. The summed E-state index contributed by atoms with van der Waals surface area (Å²) in [7, 11) is 1.70. The van der Waals surface area contributed by atoms with Crippen LogP contribution in [0, 0.1) is 0 Å². The minimum atomic E-state index is -0.296. The van der Waals surface area contributed by atoms with E-state index >= 15 is 0 Å². The minimum Gasteiger partial charge on any atom is -0.355 e. The lowest BCUT2D eigenvalue weighted by Gasteiger charge is -2.15. The Morgan fingerprint density at radius 3 is 3.08 bits per heavy atom. The van der Waals surface area contributed by atoms with Crippen LogP contribution in [0.2, 0.25) is 0 Å². The van der Waals surface area contributed by atoms with Gasteiger partial charge in [0, 0.05) is 13.6 Å². The number of carbonyl (C=O) groups excluding carboxylic acids is 1. The number of hydrogen-bond acceptors (Lipinski definition) is 5. The summed E-state index contributed by atoms with van der Waals surface area (Å²) >= 11 is 2.77. The Morgan fingerprint density at radius 2 is 2.32 bits per heavy atom. The summed E-state index contributed by atoms with van der Waals surface area (Å²) in [6.07, 6.45) is 8.11. The van der Waals surface area contributed by atoms with Crippen molar-refractivity contribution in [2.75, 3.05) is 6.54 Å². The first kappa shape index (κ1) is 18.2. The molecule has 1 unspecified atom stereocenters. The molecule has 1 N–H and O–H groups in total. The van der Waals surface area contributed by atoms with E-state index in [1.54, 1.807) is 13.1 Å². The molecule has 2 heterocycles. The summed E-state index contributed by atoms with van der Waals surface area (Å²) in [4.78, 5) is 29.9. The molecule has 0 saturated carbocycles. The number of allylic oxidation sites excluding steroid dienone is 1. The van der Waals surface area contributed by atoms with Crippen LogP contribution in [-0.4, -0.2) is 27.3 Å². The van der Waals surface area contributed by atoms with Gasteiger partial charge in [0.2, 0.25) is 5.91 Å². The normalized spacial score (nSPS) is 15.8. The molecule has 3 rings (SSSR count). The Hall–Kier alpha value is -1.60. The number of rotatable bonds is 6. The van der Waals surface area contributed by atoms with Crippen LogP contribution in [0.25, 0.3) is 10.2 Å². The highest BCUT2D eigenvalue weighted by atomic mass is 32.2. The highest BCUT2D eigenvalue weighted by Gasteiger charge is 2.18. The fourth-order valence-corrected chi connectivity index (χ4v) is 4.62. The van der Waals surface area contributed by atoms with Gasteiger partial charge in [-0.1, -0.05) is 23.4 Å². The van der Waals surface area contributed by atoms with Crippen molar-refractivity contribution < 1.29 is 4.79 Å². The Labute approximate surface area is 155 Å². The molecule has 0 radical (unpaired) electrons. The first-order valence-corrected chi connectivity index (χ1v) is 10.4. The molecule has 1 aliphatic rings. The molecule has 0 spiro atoms. The van der Waals surface area contributed by atoms with Crippen molar-refractivity contribution in [3.8, 4) is 0 Å². The fraction of sp³-hybridized carbons (Fsp3) is 0.500. The van der Waals surface area contributed by atoms with Crippen LogP contribution in [0.3, 0.4) is 0 Å². The van der Waals surface area contributed by atoms with Gasteiger partial charge in [0.25, 0.3) is 5.56 Å². The highest BCUT2D eigenvalue weighted by Crippen LogP contribution is 2.24. The average molecular weight is 378 g/mol. The van der Waals surface area contributed by atoms with Gasteiger partial charge in [-0.2, -0.15) is 0 Å². The molecule has 0 aromatic carbocycles. The minimum absolute atomic E-state index is 0.0121. The number of aromatic nitrogens is 2. The van der Waals surface area contributed by atoms with E-state index in [4.69, 9.17) is 0 Å². The van der Waals surface area contributed by atoms with Crippen LogP contribution in [0.1, 0.15) is 39.0 Å². The van der Waals surface area contributed by atoms with Crippen molar-refractivity contribution >= 4 is 39.2 Å². The summed E-state index contributed by atoms with van der Waals surface area (Å²) < 4.78 is 1.52. The lowest BCUT2D eigenvalue weighted by atomic mass is 9.97. The molecular weight excluding hydrogens is 354 g/mol. The van der Waals surface area contributed by atoms with Gasteiger partial charge in [0.05, 0.1) is 10.6 Å². The van der Waals surface area contributed by atoms with E-state index in [9.17, 15) is 9.59 Å². The molecule has 2 aromatic heterocycles. The van der Waals surface area contributed by atoms with Gasteiger partial charge in [-0.3, -0.25) is 14.2 Å². The number of fused-ring (bicyclic) bond motifs is 1. The summed E-state index contributed by atoms with van der Waals surface area (Å²) in [5.74, 6) is -0.0121. The number of thiophene rings is 1. The zero-order valence-electron chi connectivity index (χ0n) is 14.6. The molecule has 2 aromatic rings. The van der Waals surface area contributed by atoms with Gasteiger partial charge < -0.3 is 5.32 Å². The largest absolute Gasteiger partial charge is 0.355 e. The average Bonchev–Trinajstić information content (AvgIpc) is 3.08. The van der Waals surface area contributed by atoms with Gasteiger partial charge in [0.15, 0.2) is 5.16 Å². The lowest BCUT2D eigenvalue weighted by Crippen LogP contribution is -2.32. The summed E-state index contributed by atoms with van der Waals surface area (Å²) in [6, 6.07) is 1.79. The van der Waals surface area contributed by atoms with Crippen LogP contribution in [-0.2, 0) is 11.8 Å². The van der Waals surface area contributed by atoms with E-state index in [-0.39, 0.29) is 16.7 Å². The van der Waals surface area contributed by atoms with Crippen molar-refractivity contribution in [3.63, 3.8) is 0 Å². The second-order valence-electron chi connectivity index (χ2n) is 6.31. The second-order valence-corrected chi connectivity index (χ2v) is 8.51. The second kappa shape index (κ2) is 8.19. The number of nitrogens with one attached hydrogen (secondary N) is 1. The molecule has 0 bridgehead atoms. The Kier molecular flexibility index (Phi) is 5.96. The smallest absolute Gasteiger partial charge is 0.262 e. The number of thioether (sulfide) groups is 1. The SMILES string of the molecule is CC(Sc1nc2sccc2c(=O)n1C)C(=O)NCCC1=CCCCC1. The van der Waals surface area contributed by atoms with Crippen LogP contribution in [0.5, 0.6) is 0 Å². The maximum absolute atomic E-state index is 12.3. The number of nitrogens with zero attached hydrogens (tertiary/aromatic N) is 2. The van der Waals surface area contributed by atoms with E-state index in [2.05, 4.69) is 16.4 Å². The van der Waals surface area contributed by atoms with Crippen molar-refractivity contribution in [2.45, 2.75) is 49.4 Å². The topological polar surface area (TPSA) is 64.0 Å². The van der Waals surface area contributed by atoms with E-state index in [0.29, 0.717) is 17.1 Å². The molecule has 1 amide bonds. The van der Waals surface area contributed by atoms with Crippen LogP contribution in [0.4, 0.5) is 0 Å². The number of amides is 1. The third-order valence-electron chi connectivity index (χ3n) is 4.45. The van der Waals surface area contributed by atoms with Crippen molar-refractivity contribution in [1.82, 2.24) is 14.9 Å². The Balaban J connectivity index is 1.58. The Morgan fingerprint density at radius 1 is 1.48 bits per heavy atom. The number of carbonyl (C=O) groups is 1. The molecule has 5 nitrogen and oxygen atoms in total. The predicted molar refractivity (Wildman–Crippen MR) is 104 cm³/mol. The molecule has 1 atom stereocenters. The monoisotopic (exact) mass is 377 g/mol. The zero-order chi connectivity index (χ0) is 17.8. The maximum Gasteiger partial charge on any atom is 0.262 e. The summed E-state index contributed by atoms with van der Waals surface area (Å²) in [5, 5.41) is 5.79. The van der Waals surface area contributed by atoms with Gasteiger partial charge in [-0.15, -0.1) is 11.3 Å². The first-order chi connectivity index (χ1) is 12.1. The third-order valence-corrected chi connectivity index (χ3v) is 6.40. The summed E-state index contributed by atoms with van der Waals surface area (Å²) in [5.41, 5.74) is 1.39.